The number of hydrogen-bond acceptors (Lipinski definition) is 3. The van der Waals surface area contributed by atoms with Crippen LogP contribution in [0, 0.1) is 6.92 Å². The quantitative estimate of drug-likeness (QED) is 0.744. The molecule has 1 aromatic rings. The molecule has 0 saturated heterocycles. The second-order valence-electron chi connectivity index (χ2n) is 4.55. The van der Waals surface area contributed by atoms with Crippen molar-refractivity contribution in [2.45, 2.75) is 32.8 Å². The SMILES string of the molecule is CCC(C)(O)CNC(=O)c1cc(C)ccc1O. The fourth-order valence-corrected chi connectivity index (χ4v) is 1.32. The van der Waals surface area contributed by atoms with Crippen LogP contribution in [-0.4, -0.2) is 28.3 Å². The van der Waals surface area contributed by atoms with E-state index in [1.54, 1.807) is 19.1 Å². The van der Waals surface area contributed by atoms with Gasteiger partial charge in [-0.2, -0.15) is 0 Å². The summed E-state index contributed by atoms with van der Waals surface area (Å²) in [6, 6.07) is 4.84. The summed E-state index contributed by atoms with van der Waals surface area (Å²) in [5.74, 6) is -0.427. The van der Waals surface area contributed by atoms with Gasteiger partial charge in [0, 0.05) is 6.54 Å². The molecular formula is C13H19NO3. The Hall–Kier alpha value is -1.55. The molecule has 1 unspecified atom stereocenters. The van der Waals surface area contributed by atoms with E-state index in [0.717, 1.165) is 5.56 Å². The molecular weight excluding hydrogens is 218 g/mol. The Balaban J connectivity index is 2.74. The van der Waals surface area contributed by atoms with Gasteiger partial charge in [0.05, 0.1) is 11.2 Å². The summed E-state index contributed by atoms with van der Waals surface area (Å²) in [5, 5.41) is 21.9. The normalized spacial score (nSPS) is 14.1. The number of aliphatic hydroxyl groups is 1. The van der Waals surface area contributed by atoms with Gasteiger partial charge in [-0.3, -0.25) is 4.79 Å². The van der Waals surface area contributed by atoms with Crippen LogP contribution in [0.3, 0.4) is 0 Å². The van der Waals surface area contributed by atoms with Crippen LogP contribution >= 0.6 is 0 Å². The van der Waals surface area contributed by atoms with E-state index in [1.807, 2.05) is 13.8 Å². The molecule has 1 amide bonds. The molecule has 0 bridgehead atoms. The first kappa shape index (κ1) is 13.5. The highest BCUT2D eigenvalue weighted by molar-refractivity contribution is 5.97. The second kappa shape index (κ2) is 5.19. The lowest BCUT2D eigenvalue weighted by Crippen LogP contribution is -2.40. The Morgan fingerprint density at radius 2 is 2.12 bits per heavy atom. The molecule has 0 aliphatic rings. The van der Waals surface area contributed by atoms with Gasteiger partial charge >= 0.3 is 0 Å². The van der Waals surface area contributed by atoms with E-state index < -0.39 is 5.60 Å². The minimum atomic E-state index is -0.922. The van der Waals surface area contributed by atoms with Crippen LogP contribution in [-0.2, 0) is 0 Å². The van der Waals surface area contributed by atoms with E-state index >= 15 is 0 Å². The van der Waals surface area contributed by atoms with Gasteiger partial charge in [0.15, 0.2) is 0 Å². The lowest BCUT2D eigenvalue weighted by atomic mass is 10.0. The molecule has 4 heteroatoms. The topological polar surface area (TPSA) is 69.6 Å². The number of carbonyl (C=O) groups is 1. The maximum absolute atomic E-state index is 11.8. The first-order chi connectivity index (χ1) is 7.85. The summed E-state index contributed by atoms with van der Waals surface area (Å²) in [4.78, 5) is 11.8. The summed E-state index contributed by atoms with van der Waals surface area (Å²) in [7, 11) is 0. The fourth-order valence-electron chi connectivity index (χ4n) is 1.32. The van der Waals surface area contributed by atoms with Gasteiger partial charge in [-0.25, -0.2) is 0 Å². The number of phenolic OH excluding ortho intramolecular Hbond substituents is 1. The zero-order valence-electron chi connectivity index (χ0n) is 10.4. The van der Waals surface area contributed by atoms with Crippen LogP contribution in [0.5, 0.6) is 5.75 Å². The molecule has 0 aromatic heterocycles. The number of hydrogen-bond donors (Lipinski definition) is 3. The molecule has 4 nitrogen and oxygen atoms in total. The number of amides is 1. The predicted octanol–water partition coefficient (Wildman–Crippen LogP) is 1.59. The van der Waals surface area contributed by atoms with Gasteiger partial charge in [-0.1, -0.05) is 18.6 Å². The lowest BCUT2D eigenvalue weighted by Gasteiger charge is -2.21. The monoisotopic (exact) mass is 237 g/mol. The smallest absolute Gasteiger partial charge is 0.255 e. The zero-order chi connectivity index (χ0) is 13.1. The Bertz CT molecular complexity index is 413. The minimum Gasteiger partial charge on any atom is -0.507 e. The molecule has 0 saturated carbocycles. The summed E-state index contributed by atoms with van der Waals surface area (Å²) >= 11 is 0. The van der Waals surface area contributed by atoms with Gasteiger partial charge < -0.3 is 15.5 Å². The van der Waals surface area contributed by atoms with Gasteiger partial charge in [0.25, 0.3) is 5.91 Å². The predicted molar refractivity (Wildman–Crippen MR) is 66.1 cm³/mol. The highest BCUT2D eigenvalue weighted by Crippen LogP contribution is 2.18. The third kappa shape index (κ3) is 3.75. The average molecular weight is 237 g/mol. The maximum atomic E-state index is 11.8. The second-order valence-corrected chi connectivity index (χ2v) is 4.55. The minimum absolute atomic E-state index is 0.0516. The molecule has 1 aromatic carbocycles. The number of phenols is 1. The Kier molecular flexibility index (Phi) is 4.12. The zero-order valence-corrected chi connectivity index (χ0v) is 10.4. The van der Waals surface area contributed by atoms with Crippen molar-refractivity contribution in [2.75, 3.05) is 6.54 Å². The number of benzene rings is 1. The summed E-state index contributed by atoms with van der Waals surface area (Å²) in [6.45, 7) is 5.51. The van der Waals surface area contributed by atoms with E-state index in [1.165, 1.54) is 6.07 Å². The van der Waals surface area contributed by atoms with Gasteiger partial charge in [0.2, 0.25) is 0 Å². The van der Waals surface area contributed by atoms with Crippen LogP contribution in [0.15, 0.2) is 18.2 Å². The van der Waals surface area contributed by atoms with Crippen LogP contribution in [0.4, 0.5) is 0 Å². The van der Waals surface area contributed by atoms with Crippen molar-refractivity contribution >= 4 is 5.91 Å². The van der Waals surface area contributed by atoms with Crippen LogP contribution in [0.25, 0.3) is 0 Å². The van der Waals surface area contributed by atoms with Crippen LogP contribution in [0.2, 0.25) is 0 Å². The van der Waals surface area contributed by atoms with E-state index in [-0.39, 0.29) is 23.8 Å². The summed E-state index contributed by atoms with van der Waals surface area (Å²) < 4.78 is 0. The van der Waals surface area contributed by atoms with Gasteiger partial charge in [-0.05, 0) is 32.4 Å². The van der Waals surface area contributed by atoms with Crippen LogP contribution in [0.1, 0.15) is 36.2 Å². The number of nitrogens with one attached hydrogen (secondary N) is 1. The van der Waals surface area contributed by atoms with Crippen LogP contribution < -0.4 is 5.32 Å². The first-order valence-corrected chi connectivity index (χ1v) is 5.66. The molecule has 94 valence electrons. The van der Waals surface area contributed by atoms with E-state index in [0.29, 0.717) is 6.42 Å². The van der Waals surface area contributed by atoms with E-state index in [9.17, 15) is 15.0 Å². The third-order valence-corrected chi connectivity index (χ3v) is 2.79. The molecule has 0 aliphatic carbocycles. The number of aromatic hydroxyl groups is 1. The van der Waals surface area contributed by atoms with E-state index in [4.69, 9.17) is 0 Å². The standard InChI is InChI=1S/C13H19NO3/c1-4-13(3,17)8-14-12(16)10-7-9(2)5-6-11(10)15/h5-7,15,17H,4,8H2,1-3H3,(H,14,16). The van der Waals surface area contributed by atoms with Gasteiger partial charge in [0.1, 0.15) is 5.75 Å². The van der Waals surface area contributed by atoms with Crippen molar-refractivity contribution in [1.29, 1.82) is 0 Å². The number of carbonyl (C=O) groups excluding carboxylic acids is 1. The summed E-state index contributed by atoms with van der Waals surface area (Å²) in [6.07, 6.45) is 0.549. The number of rotatable bonds is 4. The van der Waals surface area contributed by atoms with E-state index in [2.05, 4.69) is 5.32 Å². The Morgan fingerprint density at radius 3 is 2.71 bits per heavy atom. The fraction of sp³-hybridized carbons (Fsp3) is 0.462. The molecule has 1 rings (SSSR count). The summed E-state index contributed by atoms with van der Waals surface area (Å²) in [5.41, 5.74) is 0.210. The Labute approximate surface area is 101 Å². The van der Waals surface area contributed by atoms with Crippen molar-refractivity contribution in [3.63, 3.8) is 0 Å². The van der Waals surface area contributed by atoms with Crippen molar-refractivity contribution in [1.82, 2.24) is 5.32 Å². The van der Waals surface area contributed by atoms with Crippen molar-refractivity contribution in [2.24, 2.45) is 0 Å². The first-order valence-electron chi connectivity index (χ1n) is 5.66. The maximum Gasteiger partial charge on any atom is 0.255 e. The molecule has 1 atom stereocenters. The molecule has 0 heterocycles. The average Bonchev–Trinajstić information content (AvgIpc) is 2.29. The molecule has 3 N–H and O–H groups in total. The lowest BCUT2D eigenvalue weighted by molar-refractivity contribution is 0.0517. The van der Waals surface area contributed by atoms with Gasteiger partial charge in [-0.15, -0.1) is 0 Å². The molecule has 0 aliphatic heterocycles. The Morgan fingerprint density at radius 1 is 1.47 bits per heavy atom. The highest BCUT2D eigenvalue weighted by Gasteiger charge is 2.19. The molecule has 0 spiro atoms. The van der Waals surface area contributed by atoms with Crippen molar-refractivity contribution in [3.05, 3.63) is 29.3 Å². The highest BCUT2D eigenvalue weighted by atomic mass is 16.3. The van der Waals surface area contributed by atoms with Crippen molar-refractivity contribution in [3.8, 4) is 5.75 Å². The molecule has 17 heavy (non-hydrogen) atoms. The third-order valence-electron chi connectivity index (χ3n) is 2.79. The molecule has 0 fully saturated rings. The van der Waals surface area contributed by atoms with Crippen molar-refractivity contribution < 1.29 is 15.0 Å². The largest absolute Gasteiger partial charge is 0.507 e. The molecule has 0 radical (unpaired) electrons. The number of aryl methyl sites for hydroxylation is 1.